The minimum Gasteiger partial charge on any atom is -0.367 e. The van der Waals surface area contributed by atoms with E-state index < -0.39 is 0 Å². The number of hydrogen-bond donors (Lipinski definition) is 0. The molecule has 0 amide bonds. The molecule has 0 bridgehead atoms. The van der Waals surface area contributed by atoms with Crippen molar-refractivity contribution >= 4 is 84.6 Å². The molecule has 0 atom stereocenters. The van der Waals surface area contributed by atoms with Crippen molar-refractivity contribution in [3.05, 3.63) is 50.0 Å². The van der Waals surface area contributed by atoms with Crippen LogP contribution in [-0.2, 0) is 20.6 Å². The summed E-state index contributed by atoms with van der Waals surface area (Å²) in [6.07, 6.45) is 1.66. The van der Waals surface area contributed by atoms with E-state index in [9.17, 15) is 9.59 Å². The van der Waals surface area contributed by atoms with E-state index in [4.69, 9.17) is 0 Å². The molecule has 0 aliphatic carbocycles. The van der Waals surface area contributed by atoms with E-state index in [1.807, 2.05) is 4.57 Å². The maximum Gasteiger partial charge on any atom is 0.332 e. The lowest BCUT2D eigenvalue weighted by Gasteiger charge is -2.37. The average molecular weight is 758 g/mol. The quantitative estimate of drug-likeness (QED) is 0.382. The van der Waals surface area contributed by atoms with Gasteiger partial charge < -0.3 is 9.47 Å². The van der Waals surface area contributed by atoms with Crippen LogP contribution in [0.5, 0.6) is 0 Å². The number of nitrogens with zero attached hydrogens (tertiary/aromatic N) is 6. The monoisotopic (exact) mass is 758 g/mol. The summed E-state index contributed by atoms with van der Waals surface area (Å²) in [6.45, 7) is 5.42. The van der Waals surface area contributed by atoms with Crippen LogP contribution >= 0.6 is 67.8 Å². The summed E-state index contributed by atoms with van der Waals surface area (Å²) in [5.41, 5.74) is 1.62. The van der Waals surface area contributed by atoms with Gasteiger partial charge in [0.2, 0.25) is 0 Å². The average Bonchev–Trinajstić information content (AvgIpc) is 3.13. The predicted molar refractivity (Wildman–Crippen MR) is 143 cm³/mol. The molecule has 8 nitrogen and oxygen atoms in total. The number of hydrogen-bond acceptors (Lipinski definition) is 5. The van der Waals surface area contributed by atoms with E-state index in [0.29, 0.717) is 17.7 Å². The van der Waals surface area contributed by atoms with E-state index in [-0.39, 0.29) is 11.2 Å². The van der Waals surface area contributed by atoms with Gasteiger partial charge >= 0.3 is 5.69 Å². The Balaban J connectivity index is 1.45. The van der Waals surface area contributed by atoms with Crippen molar-refractivity contribution < 1.29 is 0 Å². The van der Waals surface area contributed by atoms with Gasteiger partial charge in [-0.15, -0.1) is 0 Å². The molecule has 0 saturated carbocycles. The Morgan fingerprint density at radius 3 is 2.20 bits per heavy atom. The zero-order valence-electron chi connectivity index (χ0n) is 16.6. The maximum atomic E-state index is 12.6. The molecule has 11 heteroatoms. The third-order valence-corrected chi connectivity index (χ3v) is 7.81. The Morgan fingerprint density at radius 2 is 1.57 bits per heavy atom. The van der Waals surface area contributed by atoms with Gasteiger partial charge in [0.05, 0.1) is 12.0 Å². The Hall–Kier alpha value is -0.680. The van der Waals surface area contributed by atoms with Crippen LogP contribution in [0.3, 0.4) is 0 Å². The number of imidazole rings is 1. The van der Waals surface area contributed by atoms with Gasteiger partial charge in [0.15, 0.2) is 11.2 Å². The van der Waals surface area contributed by atoms with Crippen LogP contribution < -0.4 is 16.1 Å². The fourth-order valence-electron chi connectivity index (χ4n) is 3.85. The van der Waals surface area contributed by atoms with Crippen molar-refractivity contribution in [2.75, 3.05) is 37.6 Å². The van der Waals surface area contributed by atoms with Gasteiger partial charge in [-0.2, -0.15) is 0 Å². The first-order valence-corrected chi connectivity index (χ1v) is 12.7. The highest BCUT2D eigenvalue weighted by Gasteiger charge is 2.21. The molecule has 0 spiro atoms. The molecule has 30 heavy (non-hydrogen) atoms. The van der Waals surface area contributed by atoms with Crippen LogP contribution in [0.15, 0.2) is 28.0 Å². The van der Waals surface area contributed by atoms with Crippen LogP contribution in [0, 0.1) is 10.7 Å². The maximum absolute atomic E-state index is 12.6. The van der Waals surface area contributed by atoms with Gasteiger partial charge in [-0.25, -0.2) is 9.78 Å². The largest absolute Gasteiger partial charge is 0.367 e. The molecule has 0 radical (unpaired) electrons. The Kier molecular flexibility index (Phi) is 6.79. The number of aromatic nitrogens is 4. The first-order valence-electron chi connectivity index (χ1n) is 9.50. The normalized spacial score (nSPS) is 15.3. The van der Waals surface area contributed by atoms with E-state index >= 15 is 0 Å². The molecule has 3 heterocycles. The molecule has 4 rings (SSSR count). The van der Waals surface area contributed by atoms with Gasteiger partial charge in [0.25, 0.3) is 5.56 Å². The molecule has 0 unspecified atom stereocenters. The number of aryl methyl sites for hydroxylation is 1. The van der Waals surface area contributed by atoms with Crippen molar-refractivity contribution in [2.45, 2.75) is 6.54 Å². The van der Waals surface area contributed by atoms with E-state index in [0.717, 1.165) is 37.3 Å². The number of anilines is 1. The van der Waals surface area contributed by atoms with Crippen molar-refractivity contribution in [1.29, 1.82) is 0 Å². The number of benzene rings is 1. The molecule has 160 valence electrons. The highest BCUT2D eigenvalue weighted by Crippen LogP contribution is 2.31. The van der Waals surface area contributed by atoms with E-state index in [1.165, 1.54) is 28.0 Å². The van der Waals surface area contributed by atoms with Crippen molar-refractivity contribution in [3.8, 4) is 0 Å². The summed E-state index contributed by atoms with van der Waals surface area (Å²) in [4.78, 5) is 33.9. The second-order valence-electron chi connectivity index (χ2n) is 7.36. The predicted octanol–water partition coefficient (Wildman–Crippen LogP) is 2.07. The molecular formula is C19H21I3N6O2. The molecule has 2 aromatic heterocycles. The van der Waals surface area contributed by atoms with Crippen LogP contribution in [0.1, 0.15) is 0 Å². The van der Waals surface area contributed by atoms with Gasteiger partial charge in [0.1, 0.15) is 0 Å². The zero-order chi connectivity index (χ0) is 21.6. The number of rotatable bonds is 4. The molecule has 1 fully saturated rings. The molecular weight excluding hydrogens is 737 g/mol. The van der Waals surface area contributed by atoms with Crippen LogP contribution in [-0.4, -0.2) is 56.3 Å². The van der Waals surface area contributed by atoms with Gasteiger partial charge in [-0.3, -0.25) is 18.8 Å². The molecule has 3 aromatic rings. The third-order valence-electron chi connectivity index (χ3n) is 5.54. The zero-order valence-corrected chi connectivity index (χ0v) is 23.1. The topological polar surface area (TPSA) is 68.3 Å². The van der Waals surface area contributed by atoms with E-state index in [2.05, 4.69) is 94.7 Å². The van der Waals surface area contributed by atoms with Crippen LogP contribution in [0.25, 0.3) is 11.2 Å². The summed E-state index contributed by atoms with van der Waals surface area (Å²) in [6, 6.07) is 4.45. The SMILES string of the molecule is Cn1c(=O)c2c(ncn2CCN2CCN(c3c([131I])cc([131I])cc3[131I])CC2)n(C)c1=O. The number of piperazine rings is 1. The Morgan fingerprint density at radius 1 is 0.933 bits per heavy atom. The summed E-state index contributed by atoms with van der Waals surface area (Å²) in [7, 11) is 3.15. The molecule has 0 N–H and O–H groups in total. The Labute approximate surface area is 214 Å². The summed E-state index contributed by atoms with van der Waals surface area (Å²) in [5.74, 6) is 0. The van der Waals surface area contributed by atoms with Gasteiger partial charge in [-0.1, -0.05) is 0 Å². The van der Waals surface area contributed by atoms with Crippen molar-refractivity contribution in [1.82, 2.24) is 23.6 Å². The number of fused-ring (bicyclic) bond motifs is 1. The minimum absolute atomic E-state index is 0.293. The third kappa shape index (κ3) is 4.18. The molecule has 1 saturated heterocycles. The standard InChI is InChI=1S/C19H21I3N6O2/c1-24-17-16(18(29)25(2)19(24)30)28(11-23-17)8-5-26-3-6-27(7-4-26)15-13(21)9-12(20)10-14(15)22/h9-11H,3-8H2,1-2H3/i20+4,21+4,22+4. The summed E-state index contributed by atoms with van der Waals surface area (Å²) < 4.78 is 8.29. The molecule has 1 aliphatic rings. The lowest BCUT2D eigenvalue weighted by molar-refractivity contribution is 0.249. The fraction of sp³-hybridized carbons (Fsp3) is 0.421. The van der Waals surface area contributed by atoms with Crippen LogP contribution in [0.4, 0.5) is 5.69 Å². The lowest BCUT2D eigenvalue weighted by Crippen LogP contribution is -2.47. The van der Waals surface area contributed by atoms with E-state index in [1.54, 1.807) is 13.4 Å². The first-order chi connectivity index (χ1) is 14.3. The highest BCUT2D eigenvalue weighted by molar-refractivity contribution is 14.1. The number of halogens is 3. The smallest absolute Gasteiger partial charge is 0.332 e. The summed E-state index contributed by atoms with van der Waals surface area (Å²) in [5, 5.41) is 0. The molecule has 1 aliphatic heterocycles. The Bertz CT molecular complexity index is 1200. The first kappa shape index (κ1) is 22.5. The molecule has 1 aromatic carbocycles. The van der Waals surface area contributed by atoms with Gasteiger partial charge in [0, 0.05) is 64.1 Å². The van der Waals surface area contributed by atoms with Gasteiger partial charge in [-0.05, 0) is 79.9 Å². The van der Waals surface area contributed by atoms with Crippen molar-refractivity contribution in [3.63, 3.8) is 0 Å². The lowest BCUT2D eigenvalue weighted by atomic mass is 10.2. The second-order valence-corrected chi connectivity index (χ2v) is 10.9. The minimum atomic E-state index is -0.353. The highest BCUT2D eigenvalue weighted by atomic mass is 131. The summed E-state index contributed by atoms with van der Waals surface area (Å²) >= 11 is 7.23. The van der Waals surface area contributed by atoms with Crippen LogP contribution in [0.2, 0.25) is 0 Å². The second kappa shape index (κ2) is 9.05. The van der Waals surface area contributed by atoms with Crippen molar-refractivity contribution in [2.24, 2.45) is 14.1 Å². The fourth-order valence-corrected chi connectivity index (χ4v) is 8.11.